The Labute approximate surface area is 202 Å². The molecule has 0 atom stereocenters. The Kier molecular flexibility index (Phi) is 19.7. The molecule has 1 aromatic carbocycles. The summed E-state index contributed by atoms with van der Waals surface area (Å²) in [6, 6.07) is 5.84. The molecule has 184 valence electrons. The Bertz CT molecular complexity index is 739. The van der Waals surface area contributed by atoms with Gasteiger partial charge in [0.1, 0.15) is 5.75 Å². The second kappa shape index (κ2) is 21.3. The van der Waals surface area contributed by atoms with Gasteiger partial charge in [-0.15, -0.1) is 0 Å². The second-order valence-corrected chi connectivity index (χ2v) is 8.58. The zero-order valence-corrected chi connectivity index (χ0v) is 21.3. The van der Waals surface area contributed by atoms with E-state index in [0.717, 1.165) is 37.7 Å². The molecule has 1 aromatic rings. The Morgan fingerprint density at radius 2 is 1.36 bits per heavy atom. The van der Waals surface area contributed by atoms with Crippen molar-refractivity contribution >= 4 is 5.97 Å². The summed E-state index contributed by atoms with van der Waals surface area (Å²) in [5, 5.41) is 17.8. The molecule has 0 aliphatic carbocycles. The first-order valence-electron chi connectivity index (χ1n) is 12.5. The number of allylic oxidation sites excluding steroid dienone is 8. The van der Waals surface area contributed by atoms with Gasteiger partial charge in [0.15, 0.2) is 0 Å². The highest BCUT2D eigenvalue weighted by molar-refractivity contribution is 5.66. The lowest BCUT2D eigenvalue weighted by Gasteiger charge is -2.06. The molecule has 3 nitrogen and oxygen atoms in total. The maximum absolute atomic E-state index is 10.3. The molecule has 0 radical (unpaired) electrons. The normalized spacial score (nSPS) is 11.8. The van der Waals surface area contributed by atoms with Crippen molar-refractivity contribution in [3.63, 3.8) is 0 Å². The van der Waals surface area contributed by atoms with Crippen LogP contribution in [0, 0.1) is 6.92 Å². The molecule has 0 aliphatic heterocycles. The number of rotatable bonds is 15. The standard InChI is InChI=1S/C20H32O2.C10H14O/c1-2-3-4-5-6-7-8-9-10-11-12-13-14-15-16-17-18-19-20(21)22;1-7(2)9-5-4-8(3)10(11)6-9/h6-7,9-10,12-13,15-16H,2-5,8,11,14,17-19H2,1H3,(H,21,22);4-7,11H,1-3H3/b7-6-,10-9-,13-12-,16-15-;. The van der Waals surface area contributed by atoms with E-state index in [1.807, 2.05) is 19.1 Å². The molecular weight excluding hydrogens is 408 g/mol. The zero-order valence-electron chi connectivity index (χ0n) is 21.3. The zero-order chi connectivity index (χ0) is 24.7. The van der Waals surface area contributed by atoms with Crippen LogP contribution in [-0.4, -0.2) is 16.2 Å². The first kappa shape index (κ1) is 30.4. The number of phenols is 1. The number of unbranched alkanes of at least 4 members (excludes halogenated alkanes) is 4. The summed E-state index contributed by atoms with van der Waals surface area (Å²) >= 11 is 0. The van der Waals surface area contributed by atoms with Crippen LogP contribution in [0.5, 0.6) is 5.75 Å². The summed E-state index contributed by atoms with van der Waals surface area (Å²) in [5.74, 6) is 0.175. The van der Waals surface area contributed by atoms with Crippen molar-refractivity contribution < 1.29 is 15.0 Å². The average Bonchev–Trinajstić information content (AvgIpc) is 2.78. The second-order valence-electron chi connectivity index (χ2n) is 8.58. The summed E-state index contributed by atoms with van der Waals surface area (Å²) in [6.07, 6.45) is 27.3. The van der Waals surface area contributed by atoms with Crippen LogP contribution in [-0.2, 0) is 4.79 Å². The molecule has 0 spiro atoms. The van der Waals surface area contributed by atoms with Crippen LogP contribution in [0.2, 0.25) is 0 Å². The SMILES string of the molecule is CCCCC/C=C\C/C=C\C/C=C\C/C=C\CCCC(=O)O.Cc1ccc(C(C)C)cc1O. The summed E-state index contributed by atoms with van der Waals surface area (Å²) in [6.45, 7) is 8.36. The smallest absolute Gasteiger partial charge is 0.303 e. The number of aliphatic carboxylic acids is 1. The van der Waals surface area contributed by atoms with Gasteiger partial charge in [-0.05, 0) is 75.0 Å². The number of carboxylic acid groups (broad SMARTS) is 1. The van der Waals surface area contributed by atoms with E-state index in [1.54, 1.807) is 0 Å². The van der Waals surface area contributed by atoms with E-state index < -0.39 is 5.97 Å². The molecule has 1 rings (SSSR count). The minimum Gasteiger partial charge on any atom is -0.508 e. The first-order valence-corrected chi connectivity index (χ1v) is 12.5. The molecular formula is C30H46O3. The lowest BCUT2D eigenvalue weighted by Crippen LogP contribution is -1.92. The highest BCUT2D eigenvalue weighted by atomic mass is 16.4. The van der Waals surface area contributed by atoms with Gasteiger partial charge in [0.25, 0.3) is 0 Å². The molecule has 0 unspecified atom stereocenters. The van der Waals surface area contributed by atoms with Crippen molar-refractivity contribution in [2.75, 3.05) is 0 Å². The van der Waals surface area contributed by atoms with Crippen LogP contribution in [0.1, 0.15) is 102 Å². The van der Waals surface area contributed by atoms with E-state index in [4.69, 9.17) is 5.11 Å². The summed E-state index contributed by atoms with van der Waals surface area (Å²) in [5.41, 5.74) is 2.13. The number of hydrogen-bond acceptors (Lipinski definition) is 2. The van der Waals surface area contributed by atoms with Gasteiger partial charge in [-0.2, -0.15) is 0 Å². The van der Waals surface area contributed by atoms with Gasteiger partial charge in [0.05, 0.1) is 0 Å². The van der Waals surface area contributed by atoms with Crippen LogP contribution < -0.4 is 0 Å². The van der Waals surface area contributed by atoms with Crippen LogP contribution in [0.4, 0.5) is 0 Å². The maximum atomic E-state index is 10.3. The fraction of sp³-hybridized carbons (Fsp3) is 0.500. The predicted octanol–water partition coefficient (Wildman–Crippen LogP) is 9.04. The fourth-order valence-electron chi connectivity index (χ4n) is 2.92. The molecule has 0 aliphatic rings. The topological polar surface area (TPSA) is 57.5 Å². The molecule has 2 N–H and O–H groups in total. The fourth-order valence-corrected chi connectivity index (χ4v) is 2.92. The third-order valence-corrected chi connectivity index (χ3v) is 5.12. The van der Waals surface area contributed by atoms with E-state index in [2.05, 4.69) is 75.4 Å². The van der Waals surface area contributed by atoms with E-state index in [9.17, 15) is 9.90 Å². The third-order valence-electron chi connectivity index (χ3n) is 5.12. The summed E-state index contributed by atoms with van der Waals surface area (Å²) < 4.78 is 0. The first-order chi connectivity index (χ1) is 15.9. The lowest BCUT2D eigenvalue weighted by molar-refractivity contribution is -0.137. The molecule has 3 heteroatoms. The van der Waals surface area contributed by atoms with E-state index in [-0.39, 0.29) is 6.42 Å². The number of aromatic hydroxyl groups is 1. The highest BCUT2D eigenvalue weighted by Gasteiger charge is 2.01. The Hall–Kier alpha value is -2.55. The van der Waals surface area contributed by atoms with Gasteiger partial charge in [0, 0.05) is 6.42 Å². The molecule has 33 heavy (non-hydrogen) atoms. The van der Waals surface area contributed by atoms with Crippen molar-refractivity contribution in [1.29, 1.82) is 0 Å². The Morgan fingerprint density at radius 3 is 1.82 bits per heavy atom. The third kappa shape index (κ3) is 19.8. The van der Waals surface area contributed by atoms with Crippen LogP contribution >= 0.6 is 0 Å². The number of phenolic OH excluding ortho intramolecular Hbond substituents is 1. The molecule has 0 fully saturated rings. The van der Waals surface area contributed by atoms with Crippen molar-refractivity contribution in [2.45, 2.75) is 97.8 Å². The van der Waals surface area contributed by atoms with Gasteiger partial charge >= 0.3 is 5.97 Å². The maximum Gasteiger partial charge on any atom is 0.303 e. The number of benzene rings is 1. The average molecular weight is 455 g/mol. The van der Waals surface area contributed by atoms with Crippen LogP contribution in [0.25, 0.3) is 0 Å². The minimum absolute atomic E-state index is 0.262. The van der Waals surface area contributed by atoms with Crippen LogP contribution in [0.15, 0.2) is 66.8 Å². The molecule has 0 saturated carbocycles. The molecule has 0 aromatic heterocycles. The Balaban J connectivity index is 0.000000771. The van der Waals surface area contributed by atoms with E-state index in [0.29, 0.717) is 11.7 Å². The van der Waals surface area contributed by atoms with E-state index in [1.165, 1.54) is 31.2 Å². The Morgan fingerprint density at radius 1 is 0.848 bits per heavy atom. The molecule has 0 saturated heterocycles. The monoisotopic (exact) mass is 454 g/mol. The largest absolute Gasteiger partial charge is 0.508 e. The molecule has 0 amide bonds. The predicted molar refractivity (Wildman–Crippen MR) is 143 cm³/mol. The summed E-state index contributed by atoms with van der Waals surface area (Å²) in [7, 11) is 0. The number of carbonyl (C=O) groups is 1. The molecule has 0 heterocycles. The van der Waals surface area contributed by atoms with E-state index >= 15 is 0 Å². The van der Waals surface area contributed by atoms with Gasteiger partial charge < -0.3 is 10.2 Å². The van der Waals surface area contributed by atoms with Gasteiger partial charge in [-0.1, -0.05) is 94.4 Å². The van der Waals surface area contributed by atoms with Crippen LogP contribution in [0.3, 0.4) is 0 Å². The minimum atomic E-state index is -0.712. The number of aryl methyl sites for hydroxylation is 1. The number of hydrogen-bond donors (Lipinski definition) is 2. The number of carboxylic acids is 1. The lowest BCUT2D eigenvalue weighted by atomic mass is 10.0. The van der Waals surface area contributed by atoms with Gasteiger partial charge in [0.2, 0.25) is 0 Å². The van der Waals surface area contributed by atoms with Crippen molar-refractivity contribution in [3.8, 4) is 5.75 Å². The van der Waals surface area contributed by atoms with Gasteiger partial charge in [-0.25, -0.2) is 0 Å². The quantitative estimate of drug-likeness (QED) is 0.205. The molecule has 0 bridgehead atoms. The summed E-state index contributed by atoms with van der Waals surface area (Å²) in [4.78, 5) is 10.3. The van der Waals surface area contributed by atoms with Gasteiger partial charge in [-0.3, -0.25) is 4.79 Å². The van der Waals surface area contributed by atoms with Crippen molar-refractivity contribution in [3.05, 3.63) is 77.9 Å². The highest BCUT2D eigenvalue weighted by Crippen LogP contribution is 2.22. The van der Waals surface area contributed by atoms with Crippen molar-refractivity contribution in [2.24, 2.45) is 0 Å². The van der Waals surface area contributed by atoms with Crippen molar-refractivity contribution in [1.82, 2.24) is 0 Å².